The fourth-order valence-electron chi connectivity index (χ4n) is 4.24. The van der Waals surface area contributed by atoms with Gasteiger partial charge in [-0.15, -0.1) is 11.3 Å². The molecule has 1 heterocycles. The number of nitrogens with one attached hydrogen (secondary N) is 1. The Kier molecular flexibility index (Phi) is 9.80. The van der Waals surface area contributed by atoms with Crippen molar-refractivity contribution >= 4 is 23.4 Å². The summed E-state index contributed by atoms with van der Waals surface area (Å²) < 4.78 is 33.3. The van der Waals surface area contributed by atoms with Crippen molar-refractivity contribution in [2.24, 2.45) is 0 Å². The van der Waals surface area contributed by atoms with Crippen LogP contribution in [0.1, 0.15) is 55.4 Å². The molecule has 1 atom stereocenters. The molecule has 8 nitrogen and oxygen atoms in total. The van der Waals surface area contributed by atoms with Gasteiger partial charge in [0.15, 0.2) is 0 Å². The summed E-state index contributed by atoms with van der Waals surface area (Å²) >= 11 is 1.46. The van der Waals surface area contributed by atoms with Crippen molar-refractivity contribution in [2.45, 2.75) is 59.0 Å². The number of para-hydroxylation sites is 1. The summed E-state index contributed by atoms with van der Waals surface area (Å²) in [5.74, 6) is -0.510. The number of carboxylic acids is 1. The molecule has 1 unspecified atom stereocenters. The zero-order valence-corrected chi connectivity index (χ0v) is 24.7. The van der Waals surface area contributed by atoms with Crippen molar-refractivity contribution in [2.75, 3.05) is 0 Å². The number of aliphatic carboxylic acids is 1. The number of hydrogen-bond acceptors (Lipinski definition) is 7. The van der Waals surface area contributed by atoms with E-state index >= 15 is 4.39 Å². The lowest BCUT2D eigenvalue weighted by atomic mass is 9.97. The number of alkyl carbamates (subject to hydrolysis) is 1. The highest BCUT2D eigenvalue weighted by atomic mass is 32.1. The zero-order chi connectivity index (χ0) is 30.3. The summed E-state index contributed by atoms with van der Waals surface area (Å²) in [4.78, 5) is 27.9. The van der Waals surface area contributed by atoms with Crippen molar-refractivity contribution < 1.29 is 33.3 Å². The van der Waals surface area contributed by atoms with Crippen LogP contribution in [0.4, 0.5) is 9.18 Å². The van der Waals surface area contributed by atoms with Crippen LogP contribution >= 0.6 is 11.3 Å². The quantitative estimate of drug-likeness (QED) is 0.188. The van der Waals surface area contributed by atoms with Crippen molar-refractivity contribution in [3.05, 3.63) is 99.8 Å². The molecule has 0 saturated heterocycles. The van der Waals surface area contributed by atoms with E-state index in [-0.39, 0.29) is 19.6 Å². The molecule has 0 bridgehead atoms. The Morgan fingerprint density at radius 2 is 1.83 bits per heavy atom. The lowest BCUT2D eigenvalue weighted by molar-refractivity contribution is -0.136. The number of carboxylic acid groups (broad SMARTS) is 1. The Balaban J connectivity index is 1.63. The largest absolute Gasteiger partial charge is 0.489 e. The van der Waals surface area contributed by atoms with Gasteiger partial charge in [0.2, 0.25) is 0 Å². The third-order valence-corrected chi connectivity index (χ3v) is 6.81. The van der Waals surface area contributed by atoms with Crippen LogP contribution in [0.15, 0.2) is 72.2 Å². The van der Waals surface area contributed by atoms with E-state index in [0.717, 1.165) is 5.01 Å². The molecular formula is C32H33FN2O6S. The number of carbonyl (C=O) groups is 2. The number of carbonyl (C=O) groups excluding carboxylic acids is 1. The van der Waals surface area contributed by atoms with E-state index in [9.17, 15) is 14.7 Å². The van der Waals surface area contributed by atoms with Gasteiger partial charge in [-0.1, -0.05) is 36.4 Å². The maximum absolute atomic E-state index is 16.0. The number of amides is 1. The van der Waals surface area contributed by atoms with Crippen LogP contribution < -0.4 is 14.8 Å². The van der Waals surface area contributed by atoms with Crippen LogP contribution in [0.3, 0.4) is 0 Å². The molecule has 2 N–H and O–H groups in total. The second kappa shape index (κ2) is 13.5. The molecule has 4 rings (SSSR count). The molecule has 42 heavy (non-hydrogen) atoms. The number of aromatic nitrogens is 1. The number of benzene rings is 3. The van der Waals surface area contributed by atoms with Crippen molar-refractivity contribution in [3.8, 4) is 22.6 Å². The van der Waals surface area contributed by atoms with Gasteiger partial charge in [0, 0.05) is 28.3 Å². The first-order valence-electron chi connectivity index (χ1n) is 13.3. The van der Waals surface area contributed by atoms with Crippen molar-refractivity contribution in [1.82, 2.24) is 10.3 Å². The Bertz CT molecular complexity index is 1530. The molecule has 0 aliphatic carbocycles. The number of halogens is 1. The highest BCUT2D eigenvalue weighted by Gasteiger charge is 2.21. The van der Waals surface area contributed by atoms with Crippen LogP contribution in [0.25, 0.3) is 11.1 Å². The van der Waals surface area contributed by atoms with E-state index < -0.39 is 29.5 Å². The minimum absolute atomic E-state index is 0.0933. The van der Waals surface area contributed by atoms with Crippen LogP contribution in [-0.2, 0) is 29.2 Å². The van der Waals surface area contributed by atoms with Crippen molar-refractivity contribution in [1.29, 1.82) is 0 Å². The molecule has 4 aromatic rings. The summed E-state index contributed by atoms with van der Waals surface area (Å²) in [5.41, 5.74) is 1.72. The molecule has 0 saturated carbocycles. The molecule has 0 radical (unpaired) electrons. The Morgan fingerprint density at radius 3 is 2.55 bits per heavy atom. The second-order valence-electron chi connectivity index (χ2n) is 10.6. The third kappa shape index (κ3) is 8.53. The Labute approximate surface area is 248 Å². The molecular weight excluding hydrogens is 559 g/mol. The predicted octanol–water partition coefficient (Wildman–Crippen LogP) is 7.32. The smallest absolute Gasteiger partial charge is 0.408 e. The Hall–Kier alpha value is -4.44. The molecule has 3 aromatic carbocycles. The van der Waals surface area contributed by atoms with Gasteiger partial charge in [0.25, 0.3) is 0 Å². The van der Waals surface area contributed by atoms with Crippen molar-refractivity contribution in [3.63, 3.8) is 0 Å². The molecule has 0 aliphatic rings. The van der Waals surface area contributed by atoms with Gasteiger partial charge in [-0.25, -0.2) is 14.2 Å². The third-order valence-electron chi connectivity index (χ3n) is 6.06. The molecule has 10 heteroatoms. The molecule has 1 aromatic heterocycles. The molecule has 1 amide bonds. The van der Waals surface area contributed by atoms with E-state index in [4.69, 9.17) is 14.2 Å². The number of nitrogens with zero attached hydrogens (tertiary/aromatic N) is 1. The lowest BCUT2D eigenvalue weighted by Crippen LogP contribution is -2.34. The zero-order valence-electron chi connectivity index (χ0n) is 23.8. The fourth-order valence-corrected chi connectivity index (χ4v) is 4.76. The van der Waals surface area contributed by atoms with E-state index in [1.54, 1.807) is 94.6 Å². The second-order valence-corrected chi connectivity index (χ2v) is 11.6. The topological polar surface area (TPSA) is 107 Å². The normalized spacial score (nSPS) is 11.9. The molecule has 0 fully saturated rings. The van der Waals surface area contributed by atoms with Gasteiger partial charge in [0.05, 0.1) is 12.5 Å². The number of hydrogen-bond donors (Lipinski definition) is 2. The number of ether oxygens (including phenoxy) is 3. The van der Waals surface area contributed by atoms with Crippen LogP contribution in [0.2, 0.25) is 0 Å². The van der Waals surface area contributed by atoms with Gasteiger partial charge in [0.1, 0.15) is 41.1 Å². The van der Waals surface area contributed by atoms with E-state index in [1.165, 1.54) is 11.3 Å². The molecule has 220 valence electrons. The van der Waals surface area contributed by atoms with Gasteiger partial charge in [-0.05, 0) is 63.1 Å². The highest BCUT2D eigenvalue weighted by molar-refractivity contribution is 7.09. The van der Waals surface area contributed by atoms with E-state index in [0.29, 0.717) is 39.3 Å². The average molecular weight is 593 g/mol. The first-order chi connectivity index (χ1) is 20.0. The highest BCUT2D eigenvalue weighted by Crippen LogP contribution is 2.33. The van der Waals surface area contributed by atoms with Gasteiger partial charge in [-0.2, -0.15) is 0 Å². The minimum Gasteiger partial charge on any atom is -0.489 e. The predicted molar refractivity (Wildman–Crippen MR) is 158 cm³/mol. The first-order valence-corrected chi connectivity index (χ1v) is 14.2. The SMILES string of the molecule is CC(NC(=O)OC(C)(C)C)c1cccc(-c2cc(COc3ccccc3CC(=O)O)cc(OCc3nccs3)c2)c1F. The summed E-state index contributed by atoms with van der Waals surface area (Å²) in [6.07, 6.45) is 0.882. The maximum Gasteiger partial charge on any atom is 0.408 e. The van der Waals surface area contributed by atoms with Crippen LogP contribution in [0.5, 0.6) is 11.5 Å². The first kappa shape index (κ1) is 30.5. The van der Waals surface area contributed by atoms with Crippen LogP contribution in [0, 0.1) is 5.82 Å². The van der Waals surface area contributed by atoms with Gasteiger partial charge >= 0.3 is 12.1 Å². The van der Waals surface area contributed by atoms with Gasteiger partial charge in [-0.3, -0.25) is 4.79 Å². The van der Waals surface area contributed by atoms with Gasteiger partial charge < -0.3 is 24.6 Å². The molecule has 0 aliphatic heterocycles. The monoisotopic (exact) mass is 592 g/mol. The maximum atomic E-state index is 16.0. The standard InChI is InChI=1S/C32H33FN2O6S/c1-20(35-31(38)41-32(2,3)4)25-9-7-10-26(30(25)33)23-14-21(15-24(16-23)39-19-28-34-12-13-42-28)18-40-27-11-6-5-8-22(27)17-29(36)37/h5-16,20H,17-19H2,1-4H3,(H,35,38)(H,36,37). The summed E-state index contributed by atoms with van der Waals surface area (Å²) in [7, 11) is 0. The molecule has 0 spiro atoms. The minimum atomic E-state index is -0.961. The van der Waals surface area contributed by atoms with Crippen LogP contribution in [-0.4, -0.2) is 27.8 Å². The Morgan fingerprint density at radius 1 is 1.05 bits per heavy atom. The number of rotatable bonds is 11. The average Bonchev–Trinajstić information content (AvgIpc) is 3.44. The summed E-state index contributed by atoms with van der Waals surface area (Å²) in [5, 5.41) is 14.6. The summed E-state index contributed by atoms with van der Waals surface area (Å²) in [6.45, 7) is 7.29. The lowest BCUT2D eigenvalue weighted by Gasteiger charge is -2.22. The fraction of sp³-hybridized carbons (Fsp3) is 0.281. The summed E-state index contributed by atoms with van der Waals surface area (Å²) in [6, 6.07) is 16.6. The number of thiazole rings is 1. The van der Waals surface area contributed by atoms with E-state index in [1.807, 2.05) is 5.38 Å². The van der Waals surface area contributed by atoms with E-state index in [2.05, 4.69) is 10.3 Å².